The standard InChI is InChI=1S/C14H25N5O/c1-14(2,20-3)7-12-16-13(18-17-12)19-8-10-5-4-6-15-11(10)9-19/h10-11,15H,4-9H2,1-3H3,(H,16,17,18). The zero-order valence-electron chi connectivity index (χ0n) is 12.6. The summed E-state index contributed by atoms with van der Waals surface area (Å²) in [7, 11) is 1.73. The van der Waals surface area contributed by atoms with E-state index in [2.05, 4.69) is 39.2 Å². The molecule has 0 saturated carbocycles. The third kappa shape index (κ3) is 2.81. The highest BCUT2D eigenvalue weighted by Gasteiger charge is 2.35. The molecule has 3 rings (SSSR count). The molecule has 2 unspecified atom stereocenters. The Balaban J connectivity index is 1.65. The van der Waals surface area contributed by atoms with Crippen LogP contribution in [0.1, 0.15) is 32.5 Å². The first-order chi connectivity index (χ1) is 9.57. The van der Waals surface area contributed by atoms with Crippen LogP contribution < -0.4 is 10.2 Å². The topological polar surface area (TPSA) is 66.1 Å². The summed E-state index contributed by atoms with van der Waals surface area (Å²) in [5, 5.41) is 11.0. The van der Waals surface area contributed by atoms with Gasteiger partial charge in [0.1, 0.15) is 5.82 Å². The van der Waals surface area contributed by atoms with Crippen LogP contribution in [0.5, 0.6) is 0 Å². The lowest BCUT2D eigenvalue weighted by atomic mass is 9.94. The van der Waals surface area contributed by atoms with Gasteiger partial charge in [-0.1, -0.05) is 0 Å². The Kier molecular flexibility index (Phi) is 3.69. The van der Waals surface area contributed by atoms with Crippen LogP contribution in [0.25, 0.3) is 0 Å². The third-order valence-electron chi connectivity index (χ3n) is 4.55. The molecule has 1 aromatic rings. The molecule has 2 fully saturated rings. The molecule has 0 aromatic carbocycles. The Morgan fingerprint density at radius 1 is 1.40 bits per heavy atom. The molecule has 6 heteroatoms. The number of ether oxygens (including phenoxy) is 1. The van der Waals surface area contributed by atoms with E-state index in [4.69, 9.17) is 4.74 Å². The summed E-state index contributed by atoms with van der Waals surface area (Å²) in [6.07, 6.45) is 3.36. The number of nitrogens with zero attached hydrogens (tertiary/aromatic N) is 3. The van der Waals surface area contributed by atoms with Crippen molar-refractivity contribution >= 4 is 5.95 Å². The van der Waals surface area contributed by atoms with Gasteiger partial charge in [-0.25, -0.2) is 0 Å². The Bertz CT molecular complexity index is 444. The molecule has 2 atom stereocenters. The summed E-state index contributed by atoms with van der Waals surface area (Å²) in [4.78, 5) is 6.93. The van der Waals surface area contributed by atoms with Crippen molar-refractivity contribution in [3.63, 3.8) is 0 Å². The van der Waals surface area contributed by atoms with Gasteiger partial charge in [-0.3, -0.25) is 5.10 Å². The molecule has 2 saturated heterocycles. The van der Waals surface area contributed by atoms with Crippen LogP contribution >= 0.6 is 0 Å². The van der Waals surface area contributed by atoms with Crippen LogP contribution in [0.4, 0.5) is 5.95 Å². The Morgan fingerprint density at radius 3 is 3.00 bits per heavy atom. The van der Waals surface area contributed by atoms with E-state index >= 15 is 0 Å². The van der Waals surface area contributed by atoms with Gasteiger partial charge in [0.05, 0.1) is 5.60 Å². The molecular formula is C14H25N5O. The molecule has 112 valence electrons. The molecular weight excluding hydrogens is 254 g/mol. The second kappa shape index (κ2) is 5.33. The van der Waals surface area contributed by atoms with Crippen molar-refractivity contribution in [3.8, 4) is 0 Å². The first kappa shape index (κ1) is 13.8. The van der Waals surface area contributed by atoms with E-state index in [1.165, 1.54) is 12.8 Å². The number of piperidine rings is 1. The summed E-state index contributed by atoms with van der Waals surface area (Å²) >= 11 is 0. The van der Waals surface area contributed by atoms with Crippen molar-refractivity contribution in [3.05, 3.63) is 5.82 Å². The summed E-state index contributed by atoms with van der Waals surface area (Å²) in [6.45, 7) is 7.36. The van der Waals surface area contributed by atoms with Crippen LogP contribution in [0, 0.1) is 5.92 Å². The van der Waals surface area contributed by atoms with Gasteiger partial charge in [0, 0.05) is 32.7 Å². The molecule has 3 heterocycles. The van der Waals surface area contributed by atoms with Crippen molar-refractivity contribution in [1.29, 1.82) is 0 Å². The number of hydrogen-bond donors (Lipinski definition) is 2. The van der Waals surface area contributed by atoms with Crippen molar-refractivity contribution in [1.82, 2.24) is 20.5 Å². The van der Waals surface area contributed by atoms with E-state index in [-0.39, 0.29) is 5.60 Å². The fourth-order valence-electron chi connectivity index (χ4n) is 3.19. The van der Waals surface area contributed by atoms with E-state index in [9.17, 15) is 0 Å². The fourth-order valence-corrected chi connectivity index (χ4v) is 3.19. The van der Waals surface area contributed by atoms with Crippen LogP contribution in [-0.4, -0.2) is 53.6 Å². The van der Waals surface area contributed by atoms with Crippen molar-refractivity contribution in [2.45, 2.75) is 44.8 Å². The number of nitrogens with one attached hydrogen (secondary N) is 2. The number of rotatable bonds is 4. The summed E-state index contributed by atoms with van der Waals surface area (Å²) < 4.78 is 5.44. The normalized spacial score (nSPS) is 26.9. The molecule has 20 heavy (non-hydrogen) atoms. The number of aromatic nitrogens is 3. The van der Waals surface area contributed by atoms with E-state index in [0.717, 1.165) is 43.7 Å². The van der Waals surface area contributed by atoms with Crippen LogP contribution in [0.3, 0.4) is 0 Å². The third-order valence-corrected chi connectivity index (χ3v) is 4.55. The van der Waals surface area contributed by atoms with Crippen molar-refractivity contribution < 1.29 is 4.74 Å². The van der Waals surface area contributed by atoms with Crippen LogP contribution in [0.15, 0.2) is 0 Å². The molecule has 2 N–H and O–H groups in total. The number of fused-ring (bicyclic) bond motifs is 1. The molecule has 2 aliphatic rings. The van der Waals surface area contributed by atoms with Gasteiger partial charge in [0.2, 0.25) is 5.95 Å². The Morgan fingerprint density at radius 2 is 2.25 bits per heavy atom. The molecule has 0 bridgehead atoms. The lowest BCUT2D eigenvalue weighted by molar-refractivity contribution is 0.0216. The number of aromatic amines is 1. The first-order valence-corrected chi connectivity index (χ1v) is 7.52. The van der Waals surface area contributed by atoms with Gasteiger partial charge in [0.15, 0.2) is 0 Å². The number of methoxy groups -OCH3 is 1. The lowest BCUT2D eigenvalue weighted by Gasteiger charge is -2.24. The second-order valence-electron chi connectivity index (χ2n) is 6.59. The Hall–Kier alpha value is -1.14. The van der Waals surface area contributed by atoms with Crippen molar-refractivity contribution in [2.24, 2.45) is 5.92 Å². The molecule has 6 nitrogen and oxygen atoms in total. The SMILES string of the molecule is COC(C)(C)Cc1nc(N2CC3CCCNC3C2)n[nH]1. The van der Waals surface area contributed by atoms with E-state index in [0.29, 0.717) is 6.04 Å². The maximum atomic E-state index is 5.44. The van der Waals surface area contributed by atoms with E-state index in [1.54, 1.807) is 7.11 Å². The predicted octanol–water partition coefficient (Wildman–Crippen LogP) is 0.960. The average Bonchev–Trinajstić information content (AvgIpc) is 3.04. The van der Waals surface area contributed by atoms with E-state index < -0.39 is 0 Å². The highest BCUT2D eigenvalue weighted by molar-refractivity contribution is 5.32. The first-order valence-electron chi connectivity index (χ1n) is 7.52. The zero-order chi connectivity index (χ0) is 14.2. The molecule has 0 spiro atoms. The highest BCUT2D eigenvalue weighted by Crippen LogP contribution is 2.27. The van der Waals surface area contributed by atoms with Gasteiger partial charge < -0.3 is 15.0 Å². The number of anilines is 1. The van der Waals surface area contributed by atoms with Gasteiger partial charge in [-0.15, -0.1) is 5.10 Å². The number of hydrogen-bond acceptors (Lipinski definition) is 5. The molecule has 0 amide bonds. The molecule has 0 aliphatic carbocycles. The Labute approximate surface area is 120 Å². The molecule has 0 radical (unpaired) electrons. The summed E-state index contributed by atoms with van der Waals surface area (Å²) in [5.41, 5.74) is -0.211. The second-order valence-corrected chi connectivity index (χ2v) is 6.59. The van der Waals surface area contributed by atoms with Gasteiger partial charge >= 0.3 is 0 Å². The summed E-state index contributed by atoms with van der Waals surface area (Å²) in [5.74, 6) is 2.49. The summed E-state index contributed by atoms with van der Waals surface area (Å²) in [6, 6.07) is 0.612. The smallest absolute Gasteiger partial charge is 0.244 e. The van der Waals surface area contributed by atoms with Gasteiger partial charge in [-0.2, -0.15) is 4.98 Å². The highest BCUT2D eigenvalue weighted by atomic mass is 16.5. The molecule has 2 aliphatic heterocycles. The monoisotopic (exact) mass is 279 g/mol. The van der Waals surface area contributed by atoms with Crippen molar-refractivity contribution in [2.75, 3.05) is 31.6 Å². The maximum absolute atomic E-state index is 5.44. The van der Waals surface area contributed by atoms with Gasteiger partial charge in [0.25, 0.3) is 0 Å². The lowest BCUT2D eigenvalue weighted by Crippen LogP contribution is -2.40. The van der Waals surface area contributed by atoms with Gasteiger partial charge in [-0.05, 0) is 39.2 Å². The predicted molar refractivity (Wildman–Crippen MR) is 77.9 cm³/mol. The van der Waals surface area contributed by atoms with Crippen LogP contribution in [0.2, 0.25) is 0 Å². The maximum Gasteiger partial charge on any atom is 0.244 e. The fraction of sp³-hybridized carbons (Fsp3) is 0.857. The molecule has 1 aromatic heterocycles. The van der Waals surface area contributed by atoms with Crippen LogP contribution in [-0.2, 0) is 11.2 Å². The minimum absolute atomic E-state index is 0.211. The number of H-pyrrole nitrogens is 1. The minimum atomic E-state index is -0.211. The van der Waals surface area contributed by atoms with E-state index in [1.807, 2.05) is 0 Å². The average molecular weight is 279 g/mol. The largest absolute Gasteiger partial charge is 0.378 e. The zero-order valence-corrected chi connectivity index (χ0v) is 12.6. The minimum Gasteiger partial charge on any atom is -0.378 e. The quantitative estimate of drug-likeness (QED) is 0.859.